The molecule has 1 aromatic rings. The Bertz CT molecular complexity index is 411. The van der Waals surface area contributed by atoms with E-state index in [0.717, 1.165) is 31.6 Å². The molecule has 0 aromatic heterocycles. The quantitative estimate of drug-likeness (QED) is 0.806. The second-order valence-corrected chi connectivity index (χ2v) is 5.95. The van der Waals surface area contributed by atoms with Gasteiger partial charge in [0.15, 0.2) is 0 Å². The molecule has 18 heavy (non-hydrogen) atoms. The number of carbonyl (C=O) groups is 1. The summed E-state index contributed by atoms with van der Waals surface area (Å²) in [6.45, 7) is 8.32. The van der Waals surface area contributed by atoms with Crippen LogP contribution in [0.3, 0.4) is 0 Å². The van der Waals surface area contributed by atoms with Crippen LogP contribution in [0.2, 0.25) is 0 Å². The van der Waals surface area contributed by atoms with Gasteiger partial charge >= 0.3 is 6.03 Å². The van der Waals surface area contributed by atoms with E-state index in [2.05, 4.69) is 38.2 Å². The summed E-state index contributed by atoms with van der Waals surface area (Å²) in [4.78, 5) is 13.8. The van der Waals surface area contributed by atoms with Crippen LogP contribution in [0, 0.1) is 0 Å². The van der Waals surface area contributed by atoms with E-state index < -0.39 is 0 Å². The van der Waals surface area contributed by atoms with Crippen molar-refractivity contribution in [3.05, 3.63) is 29.8 Å². The number of hydrogen-bond donors (Lipinski definition) is 1. The third kappa shape index (κ3) is 3.03. The molecule has 3 nitrogen and oxygen atoms in total. The lowest BCUT2D eigenvalue weighted by Gasteiger charge is -2.20. The van der Waals surface area contributed by atoms with Gasteiger partial charge in [-0.1, -0.05) is 32.9 Å². The summed E-state index contributed by atoms with van der Waals surface area (Å²) in [7, 11) is 0. The Morgan fingerprint density at radius 1 is 1.11 bits per heavy atom. The first-order valence-electron chi connectivity index (χ1n) is 6.63. The molecule has 1 N–H and O–H groups in total. The SMILES string of the molecule is CC(C)(C)c1ccc(NC(=O)N2CCCC2)cc1. The fraction of sp³-hybridized carbons (Fsp3) is 0.533. The van der Waals surface area contributed by atoms with Crippen LogP contribution in [0.4, 0.5) is 10.5 Å². The molecule has 0 radical (unpaired) electrons. The number of anilines is 1. The topological polar surface area (TPSA) is 32.3 Å². The van der Waals surface area contributed by atoms with Gasteiger partial charge in [0, 0.05) is 18.8 Å². The van der Waals surface area contributed by atoms with Crippen molar-refractivity contribution < 1.29 is 4.79 Å². The van der Waals surface area contributed by atoms with Crippen molar-refractivity contribution in [2.24, 2.45) is 0 Å². The molecule has 1 aliphatic rings. The molecule has 2 amide bonds. The minimum absolute atomic E-state index is 0.0241. The normalized spacial score (nSPS) is 15.8. The third-order valence-electron chi connectivity index (χ3n) is 3.40. The summed E-state index contributed by atoms with van der Waals surface area (Å²) < 4.78 is 0. The van der Waals surface area contributed by atoms with E-state index in [1.165, 1.54) is 5.56 Å². The predicted molar refractivity (Wildman–Crippen MR) is 75.0 cm³/mol. The van der Waals surface area contributed by atoms with Crippen molar-refractivity contribution >= 4 is 11.7 Å². The Labute approximate surface area is 109 Å². The lowest BCUT2D eigenvalue weighted by atomic mass is 9.87. The van der Waals surface area contributed by atoms with E-state index in [1.807, 2.05) is 17.0 Å². The summed E-state index contributed by atoms with van der Waals surface area (Å²) in [5.74, 6) is 0. The van der Waals surface area contributed by atoms with E-state index in [1.54, 1.807) is 0 Å². The zero-order chi connectivity index (χ0) is 13.2. The minimum atomic E-state index is 0.0241. The fourth-order valence-corrected chi connectivity index (χ4v) is 2.18. The molecule has 1 saturated heterocycles. The van der Waals surface area contributed by atoms with Gasteiger partial charge in [-0.15, -0.1) is 0 Å². The largest absolute Gasteiger partial charge is 0.325 e. The fourth-order valence-electron chi connectivity index (χ4n) is 2.18. The van der Waals surface area contributed by atoms with E-state index >= 15 is 0 Å². The smallest absolute Gasteiger partial charge is 0.321 e. The average Bonchev–Trinajstić information content (AvgIpc) is 2.82. The number of amides is 2. The van der Waals surface area contributed by atoms with E-state index in [0.29, 0.717) is 0 Å². The number of nitrogens with one attached hydrogen (secondary N) is 1. The van der Waals surface area contributed by atoms with Crippen molar-refractivity contribution in [2.75, 3.05) is 18.4 Å². The first kappa shape index (κ1) is 12.9. The number of rotatable bonds is 1. The third-order valence-corrected chi connectivity index (χ3v) is 3.40. The molecule has 0 atom stereocenters. The Hall–Kier alpha value is -1.51. The average molecular weight is 246 g/mol. The monoisotopic (exact) mass is 246 g/mol. The molecular weight excluding hydrogens is 224 g/mol. The van der Waals surface area contributed by atoms with Gasteiger partial charge in [-0.25, -0.2) is 4.79 Å². The number of carbonyl (C=O) groups excluding carboxylic acids is 1. The lowest BCUT2D eigenvalue weighted by molar-refractivity contribution is 0.222. The van der Waals surface area contributed by atoms with Gasteiger partial charge in [-0.3, -0.25) is 0 Å². The zero-order valence-electron chi connectivity index (χ0n) is 11.5. The van der Waals surface area contributed by atoms with Crippen LogP contribution in [-0.2, 0) is 5.41 Å². The van der Waals surface area contributed by atoms with Crippen LogP contribution in [0.5, 0.6) is 0 Å². The number of likely N-dealkylation sites (tertiary alicyclic amines) is 1. The van der Waals surface area contributed by atoms with Crippen LogP contribution in [-0.4, -0.2) is 24.0 Å². The first-order chi connectivity index (χ1) is 8.47. The summed E-state index contributed by atoms with van der Waals surface area (Å²) in [5, 5.41) is 2.95. The number of nitrogens with zero attached hydrogens (tertiary/aromatic N) is 1. The van der Waals surface area contributed by atoms with Gasteiger partial charge in [-0.2, -0.15) is 0 Å². The molecule has 0 bridgehead atoms. The van der Waals surface area contributed by atoms with Crippen LogP contribution in [0.25, 0.3) is 0 Å². The molecule has 0 spiro atoms. The highest BCUT2D eigenvalue weighted by Gasteiger charge is 2.18. The predicted octanol–water partition coefficient (Wildman–Crippen LogP) is 3.61. The van der Waals surface area contributed by atoms with Gasteiger partial charge < -0.3 is 10.2 Å². The number of urea groups is 1. The Balaban J connectivity index is 2.00. The van der Waals surface area contributed by atoms with Crippen LogP contribution < -0.4 is 5.32 Å². The molecule has 0 saturated carbocycles. The molecule has 2 rings (SSSR count). The van der Waals surface area contributed by atoms with E-state index in [4.69, 9.17) is 0 Å². The van der Waals surface area contributed by atoms with Crippen molar-refractivity contribution in [1.29, 1.82) is 0 Å². The van der Waals surface area contributed by atoms with Gasteiger partial charge in [-0.05, 0) is 36.0 Å². The Morgan fingerprint density at radius 3 is 2.17 bits per heavy atom. The molecule has 1 fully saturated rings. The number of benzene rings is 1. The van der Waals surface area contributed by atoms with Crippen molar-refractivity contribution in [1.82, 2.24) is 4.90 Å². The molecule has 3 heteroatoms. The van der Waals surface area contributed by atoms with Gasteiger partial charge in [0.2, 0.25) is 0 Å². The molecule has 98 valence electrons. The summed E-state index contributed by atoms with van der Waals surface area (Å²) in [5.41, 5.74) is 2.30. The maximum atomic E-state index is 11.9. The molecule has 1 aliphatic heterocycles. The summed E-state index contributed by atoms with van der Waals surface area (Å²) in [6.07, 6.45) is 2.24. The maximum Gasteiger partial charge on any atom is 0.321 e. The molecule has 1 heterocycles. The second-order valence-electron chi connectivity index (χ2n) is 5.95. The van der Waals surface area contributed by atoms with Crippen LogP contribution in [0.1, 0.15) is 39.2 Å². The minimum Gasteiger partial charge on any atom is -0.325 e. The van der Waals surface area contributed by atoms with Crippen LogP contribution in [0.15, 0.2) is 24.3 Å². The van der Waals surface area contributed by atoms with Gasteiger partial charge in [0.1, 0.15) is 0 Å². The highest BCUT2D eigenvalue weighted by atomic mass is 16.2. The maximum absolute atomic E-state index is 11.9. The molecule has 1 aromatic carbocycles. The van der Waals surface area contributed by atoms with Crippen LogP contribution >= 0.6 is 0 Å². The Morgan fingerprint density at radius 2 is 1.67 bits per heavy atom. The van der Waals surface area contributed by atoms with E-state index in [9.17, 15) is 4.79 Å². The van der Waals surface area contributed by atoms with Gasteiger partial charge in [0.05, 0.1) is 0 Å². The van der Waals surface area contributed by atoms with Crippen molar-refractivity contribution in [2.45, 2.75) is 39.0 Å². The highest BCUT2D eigenvalue weighted by molar-refractivity contribution is 5.89. The zero-order valence-corrected chi connectivity index (χ0v) is 11.5. The second kappa shape index (κ2) is 5.01. The first-order valence-corrected chi connectivity index (χ1v) is 6.63. The summed E-state index contributed by atoms with van der Waals surface area (Å²) in [6, 6.07) is 8.15. The standard InChI is InChI=1S/C15H22N2O/c1-15(2,3)12-6-8-13(9-7-12)16-14(18)17-10-4-5-11-17/h6-9H,4-5,10-11H2,1-3H3,(H,16,18). The van der Waals surface area contributed by atoms with Crippen molar-refractivity contribution in [3.8, 4) is 0 Å². The number of hydrogen-bond acceptors (Lipinski definition) is 1. The highest BCUT2D eigenvalue weighted by Crippen LogP contribution is 2.23. The molecule has 0 aliphatic carbocycles. The van der Waals surface area contributed by atoms with Crippen molar-refractivity contribution in [3.63, 3.8) is 0 Å². The van der Waals surface area contributed by atoms with E-state index in [-0.39, 0.29) is 11.4 Å². The lowest BCUT2D eigenvalue weighted by Crippen LogP contribution is -2.32. The molecule has 0 unspecified atom stereocenters. The Kier molecular flexibility index (Phi) is 3.60. The summed E-state index contributed by atoms with van der Waals surface area (Å²) >= 11 is 0. The molecular formula is C15H22N2O. The van der Waals surface area contributed by atoms with Gasteiger partial charge in [0.25, 0.3) is 0 Å².